The maximum absolute atomic E-state index is 5.14. The van der Waals surface area contributed by atoms with Crippen LogP contribution in [0.15, 0.2) is 216 Å². The molecule has 0 bridgehead atoms. The molecule has 10 aromatic rings. The van der Waals surface area contributed by atoms with Gasteiger partial charge in [-0.1, -0.05) is 212 Å². The van der Waals surface area contributed by atoms with E-state index in [9.17, 15) is 0 Å². The van der Waals surface area contributed by atoms with Gasteiger partial charge in [0.1, 0.15) is 0 Å². The summed E-state index contributed by atoms with van der Waals surface area (Å²) in [6, 6.07) is 75.0. The zero-order chi connectivity index (χ0) is 38.2. The molecule has 3 heteroatoms. The van der Waals surface area contributed by atoms with E-state index in [0.717, 1.165) is 28.1 Å². The van der Waals surface area contributed by atoms with Gasteiger partial charge in [0.05, 0.1) is 16.8 Å². The van der Waals surface area contributed by atoms with E-state index in [1.807, 2.05) is 36.0 Å². The quantitative estimate of drug-likeness (QED) is 0.179. The number of rotatable bonds is 4. The van der Waals surface area contributed by atoms with Crippen molar-refractivity contribution in [3.8, 4) is 56.2 Å². The summed E-state index contributed by atoms with van der Waals surface area (Å²) in [5.74, 6) is 0.717. The standard InChI is InChI=1S/C55H34N2S/c1-3-16-38(17-4-1)49-34-50(57-54(56-49)40-18-5-2-6-19-40)39-28-26-37(27-29-39)41-23-13-24-45-44-22-11-12-25-46(44)55(51(41)45)47-32-30-35-14-7-9-20-42(35)52(47)58-53-43-21-10-8-15-36(43)31-33-48(53)55/h1-34H. The molecule has 0 saturated carbocycles. The molecule has 58 heavy (non-hydrogen) atoms. The Kier molecular flexibility index (Phi) is 7.41. The molecule has 2 aliphatic rings. The van der Waals surface area contributed by atoms with Crippen LogP contribution in [0, 0.1) is 0 Å². The van der Waals surface area contributed by atoms with E-state index in [1.165, 1.54) is 75.8 Å². The number of aromatic nitrogens is 2. The molecular weight excluding hydrogens is 721 g/mol. The average Bonchev–Trinajstić information content (AvgIpc) is 3.60. The molecule has 1 aliphatic carbocycles. The van der Waals surface area contributed by atoms with Crippen molar-refractivity contribution >= 4 is 33.3 Å². The van der Waals surface area contributed by atoms with Crippen LogP contribution in [0.3, 0.4) is 0 Å². The summed E-state index contributed by atoms with van der Waals surface area (Å²) >= 11 is 1.94. The van der Waals surface area contributed by atoms with E-state index in [4.69, 9.17) is 9.97 Å². The predicted molar refractivity (Wildman–Crippen MR) is 240 cm³/mol. The van der Waals surface area contributed by atoms with Crippen LogP contribution in [0.2, 0.25) is 0 Å². The minimum absolute atomic E-state index is 0.535. The number of fused-ring (bicyclic) bond motifs is 13. The maximum atomic E-state index is 5.14. The number of hydrogen-bond donors (Lipinski definition) is 0. The van der Waals surface area contributed by atoms with Gasteiger partial charge < -0.3 is 0 Å². The Hall–Kier alpha value is -7.07. The maximum Gasteiger partial charge on any atom is 0.160 e. The molecule has 2 heterocycles. The van der Waals surface area contributed by atoms with Gasteiger partial charge in [0.25, 0.3) is 0 Å². The van der Waals surface area contributed by atoms with Crippen molar-refractivity contribution in [2.75, 3.05) is 0 Å². The lowest BCUT2D eigenvalue weighted by atomic mass is 9.65. The molecule has 0 N–H and O–H groups in total. The molecule has 0 amide bonds. The molecule has 9 aromatic carbocycles. The second-order valence-corrected chi connectivity index (χ2v) is 16.2. The molecule has 270 valence electrons. The van der Waals surface area contributed by atoms with Crippen LogP contribution in [0.5, 0.6) is 0 Å². The minimum atomic E-state index is -0.535. The van der Waals surface area contributed by atoms with E-state index in [1.54, 1.807) is 0 Å². The highest BCUT2D eigenvalue weighted by atomic mass is 32.2. The Morgan fingerprint density at radius 2 is 0.845 bits per heavy atom. The van der Waals surface area contributed by atoms with Crippen LogP contribution in [-0.2, 0) is 5.41 Å². The van der Waals surface area contributed by atoms with Crippen molar-refractivity contribution in [1.82, 2.24) is 9.97 Å². The number of nitrogens with zero attached hydrogens (tertiary/aromatic N) is 2. The lowest BCUT2D eigenvalue weighted by molar-refractivity contribution is 0.731. The Morgan fingerprint density at radius 3 is 1.50 bits per heavy atom. The Morgan fingerprint density at radius 1 is 0.345 bits per heavy atom. The van der Waals surface area contributed by atoms with Crippen molar-refractivity contribution in [2.24, 2.45) is 0 Å². The predicted octanol–water partition coefficient (Wildman–Crippen LogP) is 14.3. The minimum Gasteiger partial charge on any atom is -0.228 e. The largest absolute Gasteiger partial charge is 0.228 e. The van der Waals surface area contributed by atoms with Crippen LogP contribution in [0.1, 0.15) is 22.3 Å². The van der Waals surface area contributed by atoms with E-state index >= 15 is 0 Å². The first-order valence-electron chi connectivity index (χ1n) is 19.8. The highest BCUT2D eigenvalue weighted by Gasteiger charge is 2.52. The zero-order valence-corrected chi connectivity index (χ0v) is 32.2. The third kappa shape index (κ3) is 4.87. The monoisotopic (exact) mass is 754 g/mol. The first kappa shape index (κ1) is 33.1. The zero-order valence-electron chi connectivity index (χ0n) is 31.4. The fourth-order valence-corrected chi connectivity index (χ4v) is 11.1. The molecule has 0 saturated heterocycles. The van der Waals surface area contributed by atoms with Crippen molar-refractivity contribution in [3.63, 3.8) is 0 Å². The lowest BCUT2D eigenvalue weighted by Crippen LogP contribution is -2.32. The van der Waals surface area contributed by atoms with Gasteiger partial charge in [-0.2, -0.15) is 0 Å². The molecule has 12 rings (SSSR count). The fourth-order valence-electron chi connectivity index (χ4n) is 9.59. The number of hydrogen-bond acceptors (Lipinski definition) is 3. The summed E-state index contributed by atoms with van der Waals surface area (Å²) in [6.45, 7) is 0. The molecule has 2 nitrogen and oxygen atoms in total. The fraction of sp³-hybridized carbons (Fsp3) is 0.0182. The van der Waals surface area contributed by atoms with Gasteiger partial charge in [-0.25, -0.2) is 9.97 Å². The van der Waals surface area contributed by atoms with Crippen LogP contribution >= 0.6 is 11.8 Å². The van der Waals surface area contributed by atoms with Crippen molar-refractivity contribution in [3.05, 3.63) is 229 Å². The third-order valence-corrected chi connectivity index (χ3v) is 13.4. The molecular formula is C55H34N2S. The molecule has 0 unspecified atom stereocenters. The van der Waals surface area contributed by atoms with Gasteiger partial charge in [0, 0.05) is 26.5 Å². The second-order valence-electron chi connectivity index (χ2n) is 15.2. The lowest BCUT2D eigenvalue weighted by Gasteiger charge is -2.41. The average molecular weight is 755 g/mol. The topological polar surface area (TPSA) is 25.8 Å². The molecule has 1 aliphatic heterocycles. The van der Waals surface area contributed by atoms with E-state index in [0.29, 0.717) is 5.82 Å². The van der Waals surface area contributed by atoms with Crippen molar-refractivity contribution in [2.45, 2.75) is 15.2 Å². The summed E-state index contributed by atoms with van der Waals surface area (Å²) in [6.07, 6.45) is 0. The van der Waals surface area contributed by atoms with Gasteiger partial charge in [0.15, 0.2) is 5.82 Å². The Bertz CT molecular complexity index is 3100. The second kappa shape index (κ2) is 13.0. The van der Waals surface area contributed by atoms with E-state index in [-0.39, 0.29) is 0 Å². The molecule has 1 spiro atoms. The smallest absolute Gasteiger partial charge is 0.160 e. The van der Waals surface area contributed by atoms with Gasteiger partial charge in [0.2, 0.25) is 0 Å². The summed E-state index contributed by atoms with van der Waals surface area (Å²) < 4.78 is 0. The highest BCUT2D eigenvalue weighted by Crippen LogP contribution is 2.65. The van der Waals surface area contributed by atoms with E-state index < -0.39 is 5.41 Å². The Balaban J connectivity index is 1.09. The first-order chi connectivity index (χ1) is 28.8. The molecule has 1 aromatic heterocycles. The summed E-state index contributed by atoms with van der Waals surface area (Å²) in [5.41, 5.74) is 14.7. The van der Waals surface area contributed by atoms with E-state index in [2.05, 4.69) is 182 Å². The molecule has 0 atom stereocenters. The normalized spacial score (nSPS) is 13.2. The van der Waals surface area contributed by atoms with Gasteiger partial charge in [-0.05, 0) is 72.1 Å². The van der Waals surface area contributed by atoms with Gasteiger partial charge in [-0.15, -0.1) is 0 Å². The van der Waals surface area contributed by atoms with Crippen molar-refractivity contribution in [1.29, 1.82) is 0 Å². The van der Waals surface area contributed by atoms with Crippen LogP contribution < -0.4 is 0 Å². The summed E-state index contributed by atoms with van der Waals surface area (Å²) in [4.78, 5) is 12.8. The van der Waals surface area contributed by atoms with Crippen LogP contribution in [0.25, 0.3) is 77.7 Å². The summed E-state index contributed by atoms with van der Waals surface area (Å²) in [5, 5.41) is 5.12. The van der Waals surface area contributed by atoms with Gasteiger partial charge >= 0.3 is 0 Å². The van der Waals surface area contributed by atoms with Gasteiger partial charge in [-0.3, -0.25) is 0 Å². The van der Waals surface area contributed by atoms with Crippen LogP contribution in [0.4, 0.5) is 0 Å². The highest BCUT2D eigenvalue weighted by molar-refractivity contribution is 8.00. The molecule has 0 radical (unpaired) electrons. The SMILES string of the molecule is c1ccc(-c2cc(-c3ccc(-c4cccc5c4C4(c6ccccc6-5)c5ccc6ccccc6c5Sc5c4ccc4ccccc54)cc3)nc(-c3ccccc3)n2)cc1. The van der Waals surface area contributed by atoms with Crippen molar-refractivity contribution < 1.29 is 0 Å². The summed E-state index contributed by atoms with van der Waals surface area (Å²) in [7, 11) is 0. The number of benzene rings is 9. The third-order valence-electron chi connectivity index (χ3n) is 12.2. The Labute approximate surface area is 341 Å². The van der Waals surface area contributed by atoms with Crippen LogP contribution in [-0.4, -0.2) is 9.97 Å². The first-order valence-corrected chi connectivity index (χ1v) is 20.6. The molecule has 0 fully saturated rings.